The van der Waals surface area contributed by atoms with E-state index in [2.05, 4.69) is 5.32 Å². The van der Waals surface area contributed by atoms with Gasteiger partial charge in [-0.3, -0.25) is 14.4 Å². The normalized spacial score (nSPS) is 16.1. The van der Waals surface area contributed by atoms with Crippen LogP contribution in [0.15, 0.2) is 41.3 Å². The van der Waals surface area contributed by atoms with Crippen LogP contribution >= 0.6 is 11.8 Å². The molecule has 4 rings (SSSR count). The third kappa shape index (κ3) is 4.93. The average molecular weight is 438 g/mol. The molecule has 6 nitrogen and oxygen atoms in total. The molecule has 162 valence electrons. The number of amides is 3. The average Bonchev–Trinajstić information content (AvgIpc) is 2.75. The number of nitrogens with zero attached hydrogens (tertiary/aromatic N) is 2. The molecule has 0 unspecified atom stereocenters. The standard InChI is InChI=1S/C24H27N3O3S/c1-16-10-17(2)12-19(11-16)25-22(28)14-27-20-13-18(6-7-21(20)31-15-23(27)29)24(30)26-8-4-3-5-9-26/h6-7,10-13H,3-5,8-9,14-15H2,1-2H3,(H,25,28). The number of benzene rings is 2. The van der Waals surface area contributed by atoms with E-state index in [0.29, 0.717) is 11.3 Å². The number of nitrogens with one attached hydrogen (secondary N) is 1. The van der Waals surface area contributed by atoms with Gasteiger partial charge >= 0.3 is 0 Å². The number of piperidine rings is 1. The molecule has 1 saturated heterocycles. The number of likely N-dealkylation sites (tertiary alicyclic amines) is 1. The highest BCUT2D eigenvalue weighted by atomic mass is 32.2. The quantitative estimate of drug-likeness (QED) is 0.785. The van der Waals surface area contributed by atoms with Crippen molar-refractivity contribution >= 4 is 40.9 Å². The fourth-order valence-corrected chi connectivity index (χ4v) is 5.10. The fraction of sp³-hybridized carbons (Fsp3) is 0.375. The number of rotatable bonds is 4. The van der Waals surface area contributed by atoms with Crippen LogP contribution in [0.3, 0.4) is 0 Å². The van der Waals surface area contributed by atoms with Gasteiger partial charge in [0.1, 0.15) is 6.54 Å². The number of thioether (sulfide) groups is 1. The molecule has 0 saturated carbocycles. The zero-order valence-electron chi connectivity index (χ0n) is 17.9. The highest BCUT2D eigenvalue weighted by Crippen LogP contribution is 2.36. The highest BCUT2D eigenvalue weighted by Gasteiger charge is 2.28. The summed E-state index contributed by atoms with van der Waals surface area (Å²) in [4.78, 5) is 42.6. The minimum atomic E-state index is -0.260. The van der Waals surface area contributed by atoms with Crippen LogP contribution in [0.5, 0.6) is 0 Å². The van der Waals surface area contributed by atoms with Crippen molar-refractivity contribution in [1.29, 1.82) is 0 Å². The summed E-state index contributed by atoms with van der Waals surface area (Å²) in [6.45, 7) is 5.41. The first-order valence-corrected chi connectivity index (χ1v) is 11.6. The Labute approximate surface area is 187 Å². The number of hydrogen-bond donors (Lipinski definition) is 1. The number of carbonyl (C=O) groups excluding carboxylic acids is 3. The lowest BCUT2D eigenvalue weighted by atomic mass is 10.1. The first-order chi connectivity index (χ1) is 14.9. The Balaban J connectivity index is 1.54. The molecular formula is C24H27N3O3S. The van der Waals surface area contributed by atoms with Gasteiger partial charge in [0.2, 0.25) is 11.8 Å². The second-order valence-electron chi connectivity index (χ2n) is 8.23. The van der Waals surface area contributed by atoms with E-state index in [1.807, 2.05) is 49.1 Å². The predicted octanol–water partition coefficient (Wildman–Crippen LogP) is 4.01. The molecule has 7 heteroatoms. The van der Waals surface area contributed by atoms with Crippen molar-refractivity contribution in [1.82, 2.24) is 4.90 Å². The monoisotopic (exact) mass is 437 g/mol. The SMILES string of the molecule is Cc1cc(C)cc(NC(=O)CN2C(=O)CSc3ccc(C(=O)N4CCCCC4)cc32)c1. The van der Waals surface area contributed by atoms with Gasteiger partial charge in [0.15, 0.2) is 0 Å². The van der Waals surface area contributed by atoms with E-state index in [4.69, 9.17) is 0 Å². The zero-order valence-corrected chi connectivity index (χ0v) is 18.8. The Kier molecular flexibility index (Phi) is 6.32. The molecule has 3 amide bonds. The number of carbonyl (C=O) groups is 3. The van der Waals surface area contributed by atoms with Gasteiger partial charge in [0.05, 0.1) is 11.4 Å². The van der Waals surface area contributed by atoms with Crippen LogP contribution < -0.4 is 10.2 Å². The summed E-state index contributed by atoms with van der Waals surface area (Å²) in [5.74, 6) is -0.117. The second-order valence-corrected chi connectivity index (χ2v) is 9.25. The lowest BCUT2D eigenvalue weighted by Crippen LogP contribution is -2.41. The molecule has 2 aliphatic heterocycles. The largest absolute Gasteiger partial charge is 0.339 e. The van der Waals surface area contributed by atoms with E-state index in [-0.39, 0.29) is 30.0 Å². The molecule has 2 aromatic carbocycles. The molecule has 0 bridgehead atoms. The first kappa shape index (κ1) is 21.4. The molecule has 2 aromatic rings. The smallest absolute Gasteiger partial charge is 0.253 e. The van der Waals surface area contributed by atoms with E-state index in [1.165, 1.54) is 16.7 Å². The van der Waals surface area contributed by atoms with Gasteiger partial charge in [0.25, 0.3) is 5.91 Å². The summed E-state index contributed by atoms with van der Waals surface area (Å²) in [6.07, 6.45) is 3.20. The van der Waals surface area contributed by atoms with E-state index >= 15 is 0 Å². The van der Waals surface area contributed by atoms with Crippen molar-refractivity contribution in [3.05, 3.63) is 53.1 Å². The molecule has 1 N–H and O–H groups in total. The van der Waals surface area contributed by atoms with Crippen molar-refractivity contribution in [2.45, 2.75) is 38.0 Å². The molecule has 0 radical (unpaired) electrons. The van der Waals surface area contributed by atoms with Crippen molar-refractivity contribution in [2.75, 3.05) is 35.6 Å². The second kappa shape index (κ2) is 9.14. The van der Waals surface area contributed by atoms with Gasteiger partial charge in [-0.1, -0.05) is 6.07 Å². The minimum Gasteiger partial charge on any atom is -0.339 e. The third-order valence-electron chi connectivity index (χ3n) is 5.60. The maximum absolute atomic E-state index is 12.9. The Morgan fingerprint density at radius 2 is 1.71 bits per heavy atom. The number of aryl methyl sites for hydroxylation is 2. The Morgan fingerprint density at radius 1 is 1.00 bits per heavy atom. The minimum absolute atomic E-state index is 0.00911. The molecule has 2 heterocycles. The zero-order chi connectivity index (χ0) is 22.0. The third-order valence-corrected chi connectivity index (χ3v) is 6.65. The molecular weight excluding hydrogens is 410 g/mol. The summed E-state index contributed by atoms with van der Waals surface area (Å²) in [5.41, 5.74) is 4.05. The van der Waals surface area contributed by atoms with Crippen molar-refractivity contribution in [3.63, 3.8) is 0 Å². The van der Waals surface area contributed by atoms with Gasteiger partial charge in [-0.2, -0.15) is 0 Å². The van der Waals surface area contributed by atoms with Crippen molar-refractivity contribution in [3.8, 4) is 0 Å². The van der Waals surface area contributed by atoms with Crippen LogP contribution in [-0.4, -0.2) is 48.0 Å². The lowest BCUT2D eigenvalue weighted by molar-refractivity contribution is -0.120. The highest BCUT2D eigenvalue weighted by molar-refractivity contribution is 8.00. The Morgan fingerprint density at radius 3 is 2.42 bits per heavy atom. The lowest BCUT2D eigenvalue weighted by Gasteiger charge is -2.30. The topological polar surface area (TPSA) is 69.7 Å². The van der Waals surface area contributed by atoms with Gasteiger partial charge < -0.3 is 15.1 Å². The number of fused-ring (bicyclic) bond motifs is 1. The van der Waals surface area contributed by atoms with E-state index in [0.717, 1.165) is 54.1 Å². The summed E-state index contributed by atoms with van der Waals surface area (Å²) >= 11 is 1.44. The number of hydrogen-bond acceptors (Lipinski definition) is 4. The first-order valence-electron chi connectivity index (χ1n) is 10.7. The van der Waals surface area contributed by atoms with Crippen LogP contribution in [0.4, 0.5) is 11.4 Å². The fourth-order valence-electron chi connectivity index (χ4n) is 4.18. The van der Waals surface area contributed by atoms with Gasteiger partial charge in [-0.25, -0.2) is 0 Å². The van der Waals surface area contributed by atoms with Gasteiger partial charge in [-0.15, -0.1) is 11.8 Å². The van der Waals surface area contributed by atoms with Crippen LogP contribution in [0.1, 0.15) is 40.7 Å². The molecule has 0 aliphatic carbocycles. The maximum atomic E-state index is 12.9. The van der Waals surface area contributed by atoms with Crippen LogP contribution in [0.2, 0.25) is 0 Å². The summed E-state index contributed by atoms with van der Waals surface area (Å²) in [5, 5.41) is 2.90. The van der Waals surface area contributed by atoms with Gasteiger partial charge in [-0.05, 0) is 74.6 Å². The molecule has 0 atom stereocenters. The summed E-state index contributed by atoms with van der Waals surface area (Å²) in [6, 6.07) is 11.3. The maximum Gasteiger partial charge on any atom is 0.253 e. The van der Waals surface area contributed by atoms with Crippen molar-refractivity contribution < 1.29 is 14.4 Å². The molecule has 31 heavy (non-hydrogen) atoms. The molecule has 0 aromatic heterocycles. The Bertz CT molecular complexity index is 1010. The predicted molar refractivity (Wildman–Crippen MR) is 124 cm³/mol. The van der Waals surface area contributed by atoms with E-state index < -0.39 is 0 Å². The van der Waals surface area contributed by atoms with Crippen LogP contribution in [0, 0.1) is 13.8 Å². The summed E-state index contributed by atoms with van der Waals surface area (Å²) in [7, 11) is 0. The van der Waals surface area contributed by atoms with Crippen LogP contribution in [0.25, 0.3) is 0 Å². The van der Waals surface area contributed by atoms with Gasteiger partial charge in [0, 0.05) is 29.2 Å². The molecule has 2 aliphatic rings. The molecule has 0 spiro atoms. The van der Waals surface area contributed by atoms with Crippen LogP contribution in [-0.2, 0) is 9.59 Å². The van der Waals surface area contributed by atoms with Crippen molar-refractivity contribution in [2.24, 2.45) is 0 Å². The Hall–Kier alpha value is -2.80. The molecule has 1 fully saturated rings. The summed E-state index contributed by atoms with van der Waals surface area (Å²) < 4.78 is 0. The van der Waals surface area contributed by atoms with E-state index in [9.17, 15) is 14.4 Å². The number of anilines is 2. The van der Waals surface area contributed by atoms with E-state index in [1.54, 1.807) is 6.07 Å².